The summed E-state index contributed by atoms with van der Waals surface area (Å²) in [6, 6.07) is 13.8. The fraction of sp³-hybridized carbons (Fsp3) is 0.111. The van der Waals surface area contributed by atoms with Gasteiger partial charge < -0.3 is 15.4 Å². The fourth-order valence-corrected chi connectivity index (χ4v) is 2.28. The van der Waals surface area contributed by atoms with E-state index in [1.165, 1.54) is 18.3 Å². The van der Waals surface area contributed by atoms with Gasteiger partial charge in [-0.05, 0) is 36.4 Å². The van der Waals surface area contributed by atoms with E-state index in [1.54, 1.807) is 19.2 Å². The van der Waals surface area contributed by atoms with Gasteiger partial charge in [-0.25, -0.2) is 4.98 Å². The van der Waals surface area contributed by atoms with Crippen LogP contribution in [0.2, 0.25) is 0 Å². The van der Waals surface area contributed by atoms with Gasteiger partial charge in [0.1, 0.15) is 11.6 Å². The van der Waals surface area contributed by atoms with Gasteiger partial charge in [0.2, 0.25) is 5.95 Å². The molecule has 0 aliphatic carbocycles. The van der Waals surface area contributed by atoms with E-state index in [0.29, 0.717) is 17.3 Å². The molecule has 0 aliphatic rings. The molecule has 2 aromatic carbocycles. The van der Waals surface area contributed by atoms with Gasteiger partial charge in [0, 0.05) is 11.9 Å². The first-order chi connectivity index (χ1) is 12.5. The van der Waals surface area contributed by atoms with Crippen molar-refractivity contribution in [2.24, 2.45) is 0 Å². The summed E-state index contributed by atoms with van der Waals surface area (Å²) < 4.78 is 43.7. The number of methoxy groups -OCH3 is 1. The number of benzene rings is 2. The van der Waals surface area contributed by atoms with Crippen LogP contribution in [0.1, 0.15) is 5.56 Å². The maximum Gasteiger partial charge on any atom is 0.416 e. The maximum atomic E-state index is 12.8. The maximum absolute atomic E-state index is 12.8. The first-order valence-electron chi connectivity index (χ1n) is 7.63. The summed E-state index contributed by atoms with van der Waals surface area (Å²) in [6.07, 6.45) is -2.91. The van der Waals surface area contributed by atoms with Crippen LogP contribution in [0.15, 0.2) is 60.8 Å². The minimum absolute atomic E-state index is 0.171. The zero-order valence-corrected chi connectivity index (χ0v) is 13.7. The van der Waals surface area contributed by atoms with E-state index in [-0.39, 0.29) is 11.6 Å². The van der Waals surface area contributed by atoms with Crippen molar-refractivity contribution in [1.29, 1.82) is 0 Å². The Kier molecular flexibility index (Phi) is 4.92. The van der Waals surface area contributed by atoms with Crippen molar-refractivity contribution in [2.45, 2.75) is 6.18 Å². The van der Waals surface area contributed by atoms with E-state index in [4.69, 9.17) is 4.74 Å². The molecule has 1 heterocycles. The molecule has 0 saturated heterocycles. The number of halogens is 3. The van der Waals surface area contributed by atoms with Crippen LogP contribution in [-0.4, -0.2) is 17.1 Å². The first kappa shape index (κ1) is 17.5. The number of anilines is 4. The number of aromatic nitrogens is 2. The van der Waals surface area contributed by atoms with Gasteiger partial charge in [0.25, 0.3) is 0 Å². The highest BCUT2D eigenvalue weighted by Crippen LogP contribution is 2.31. The highest BCUT2D eigenvalue weighted by Gasteiger charge is 2.30. The van der Waals surface area contributed by atoms with Crippen molar-refractivity contribution in [1.82, 2.24) is 9.97 Å². The number of alkyl halides is 3. The lowest BCUT2D eigenvalue weighted by Gasteiger charge is -2.12. The third-order valence-corrected chi connectivity index (χ3v) is 3.47. The lowest BCUT2D eigenvalue weighted by atomic mass is 10.2. The lowest BCUT2D eigenvalue weighted by Crippen LogP contribution is -2.06. The number of hydrogen-bond acceptors (Lipinski definition) is 5. The Morgan fingerprint density at radius 2 is 1.77 bits per heavy atom. The minimum atomic E-state index is -4.41. The topological polar surface area (TPSA) is 59.1 Å². The number of rotatable bonds is 5. The van der Waals surface area contributed by atoms with Gasteiger partial charge in [-0.3, -0.25) is 0 Å². The van der Waals surface area contributed by atoms with Crippen LogP contribution in [0.25, 0.3) is 0 Å². The predicted molar refractivity (Wildman–Crippen MR) is 93.0 cm³/mol. The Morgan fingerprint density at radius 3 is 2.54 bits per heavy atom. The molecule has 0 bridgehead atoms. The lowest BCUT2D eigenvalue weighted by molar-refractivity contribution is -0.137. The van der Waals surface area contributed by atoms with Gasteiger partial charge in [-0.1, -0.05) is 18.2 Å². The van der Waals surface area contributed by atoms with E-state index in [1.807, 2.05) is 18.2 Å². The van der Waals surface area contributed by atoms with E-state index in [2.05, 4.69) is 20.6 Å². The normalized spacial score (nSPS) is 11.1. The van der Waals surface area contributed by atoms with E-state index in [0.717, 1.165) is 12.1 Å². The standard InChI is InChI=1S/C18H15F3N4O/c1-26-15-8-3-2-7-14(15)24-16-9-10-22-17(25-16)23-13-6-4-5-12(11-13)18(19,20)21/h2-11H,1H3,(H2,22,23,24,25). The van der Waals surface area contributed by atoms with Crippen molar-refractivity contribution >= 4 is 23.1 Å². The van der Waals surface area contributed by atoms with Crippen molar-refractivity contribution in [3.05, 3.63) is 66.4 Å². The quantitative estimate of drug-likeness (QED) is 0.671. The number of nitrogens with one attached hydrogen (secondary N) is 2. The summed E-state index contributed by atoms with van der Waals surface area (Å²) in [5.41, 5.74) is 0.207. The average molecular weight is 360 g/mol. The predicted octanol–water partition coefficient (Wildman–Crippen LogP) is 4.99. The molecule has 5 nitrogen and oxygen atoms in total. The van der Waals surface area contributed by atoms with Crippen molar-refractivity contribution in [3.63, 3.8) is 0 Å². The molecule has 0 aliphatic heterocycles. The average Bonchev–Trinajstić information content (AvgIpc) is 2.62. The summed E-state index contributed by atoms with van der Waals surface area (Å²) >= 11 is 0. The van der Waals surface area contributed by atoms with Crippen LogP contribution in [0, 0.1) is 0 Å². The Bertz CT molecular complexity index is 899. The van der Waals surface area contributed by atoms with Crippen LogP contribution >= 0.6 is 0 Å². The van der Waals surface area contributed by atoms with Crippen LogP contribution in [0.4, 0.5) is 36.3 Å². The van der Waals surface area contributed by atoms with Crippen LogP contribution in [-0.2, 0) is 6.18 Å². The molecular formula is C18H15F3N4O. The minimum Gasteiger partial charge on any atom is -0.495 e. The summed E-state index contributed by atoms with van der Waals surface area (Å²) in [6.45, 7) is 0. The number of hydrogen-bond donors (Lipinski definition) is 2. The summed E-state index contributed by atoms with van der Waals surface area (Å²) in [5, 5.41) is 5.87. The molecule has 0 spiro atoms. The second-order valence-corrected chi connectivity index (χ2v) is 5.29. The van der Waals surface area contributed by atoms with Crippen molar-refractivity contribution < 1.29 is 17.9 Å². The highest BCUT2D eigenvalue weighted by molar-refractivity contribution is 5.65. The molecule has 8 heteroatoms. The van der Waals surface area contributed by atoms with Crippen LogP contribution in [0.3, 0.4) is 0 Å². The molecule has 3 rings (SSSR count). The molecular weight excluding hydrogens is 345 g/mol. The largest absolute Gasteiger partial charge is 0.495 e. The van der Waals surface area contributed by atoms with E-state index in [9.17, 15) is 13.2 Å². The van der Waals surface area contributed by atoms with Gasteiger partial charge in [0.05, 0.1) is 18.4 Å². The van der Waals surface area contributed by atoms with Crippen molar-refractivity contribution in [2.75, 3.05) is 17.7 Å². The van der Waals surface area contributed by atoms with Gasteiger partial charge >= 0.3 is 6.18 Å². The van der Waals surface area contributed by atoms with Crippen molar-refractivity contribution in [3.8, 4) is 5.75 Å². The van der Waals surface area contributed by atoms with Crippen LogP contribution < -0.4 is 15.4 Å². The van der Waals surface area contributed by atoms with Gasteiger partial charge in [-0.15, -0.1) is 0 Å². The summed E-state index contributed by atoms with van der Waals surface area (Å²) in [4.78, 5) is 8.30. The zero-order valence-electron chi connectivity index (χ0n) is 13.7. The monoisotopic (exact) mass is 360 g/mol. The molecule has 1 aromatic heterocycles. The molecule has 3 aromatic rings. The Labute approximate surface area is 147 Å². The van der Waals surface area contributed by atoms with Gasteiger partial charge in [-0.2, -0.15) is 18.2 Å². The summed E-state index contributed by atoms with van der Waals surface area (Å²) in [7, 11) is 1.56. The third-order valence-electron chi connectivity index (χ3n) is 3.47. The molecule has 0 fully saturated rings. The molecule has 2 N–H and O–H groups in total. The molecule has 26 heavy (non-hydrogen) atoms. The number of para-hydroxylation sites is 2. The number of ether oxygens (including phenoxy) is 1. The Morgan fingerprint density at radius 1 is 0.962 bits per heavy atom. The van der Waals surface area contributed by atoms with E-state index >= 15 is 0 Å². The molecule has 0 saturated carbocycles. The third kappa shape index (κ3) is 4.21. The Balaban J connectivity index is 1.80. The van der Waals surface area contributed by atoms with Crippen LogP contribution in [0.5, 0.6) is 5.75 Å². The van der Waals surface area contributed by atoms with E-state index < -0.39 is 11.7 Å². The smallest absolute Gasteiger partial charge is 0.416 e. The SMILES string of the molecule is COc1ccccc1Nc1ccnc(Nc2cccc(C(F)(F)F)c2)n1. The molecule has 0 radical (unpaired) electrons. The number of nitrogens with zero attached hydrogens (tertiary/aromatic N) is 2. The first-order valence-corrected chi connectivity index (χ1v) is 7.63. The summed E-state index contributed by atoms with van der Waals surface area (Å²) in [5.74, 6) is 1.28. The highest BCUT2D eigenvalue weighted by atomic mass is 19.4. The fourth-order valence-electron chi connectivity index (χ4n) is 2.28. The second-order valence-electron chi connectivity index (χ2n) is 5.29. The second kappa shape index (κ2) is 7.30. The van der Waals surface area contributed by atoms with Gasteiger partial charge in [0.15, 0.2) is 0 Å². The molecule has 0 amide bonds. The Hall–Kier alpha value is -3.29. The zero-order chi connectivity index (χ0) is 18.6. The molecule has 134 valence electrons. The molecule has 0 atom stereocenters. The molecule has 0 unspecified atom stereocenters.